The molecule has 0 aliphatic carbocycles. The van der Waals surface area contributed by atoms with Gasteiger partial charge in [-0.1, -0.05) is 12.1 Å². The predicted molar refractivity (Wildman–Crippen MR) is 115 cm³/mol. The Hall–Kier alpha value is -3.33. The van der Waals surface area contributed by atoms with E-state index in [-0.39, 0.29) is 11.7 Å². The molecule has 3 aromatic heterocycles. The summed E-state index contributed by atoms with van der Waals surface area (Å²) >= 11 is 1.57. The number of anilines is 1. The molecule has 0 aliphatic heterocycles. The Morgan fingerprint density at radius 3 is 2.90 bits per heavy atom. The van der Waals surface area contributed by atoms with Crippen molar-refractivity contribution in [3.8, 4) is 17.0 Å². The van der Waals surface area contributed by atoms with Gasteiger partial charge >= 0.3 is 0 Å². The van der Waals surface area contributed by atoms with E-state index in [2.05, 4.69) is 20.7 Å². The third-order valence-corrected chi connectivity index (χ3v) is 5.11. The number of amides is 1. The highest BCUT2D eigenvalue weighted by Gasteiger charge is 2.12. The minimum Gasteiger partial charge on any atom is -0.507 e. The van der Waals surface area contributed by atoms with E-state index in [1.165, 1.54) is 6.20 Å². The van der Waals surface area contributed by atoms with Crippen LogP contribution in [0.3, 0.4) is 0 Å². The average molecular weight is 403 g/mol. The van der Waals surface area contributed by atoms with Gasteiger partial charge in [0.15, 0.2) is 5.65 Å². The summed E-state index contributed by atoms with van der Waals surface area (Å²) in [6.45, 7) is 0.948. The van der Waals surface area contributed by atoms with Gasteiger partial charge in [0.05, 0.1) is 12.1 Å². The van der Waals surface area contributed by atoms with E-state index >= 15 is 0 Å². The number of carbonyl (C=O) groups is 1. The highest BCUT2D eigenvalue weighted by Crippen LogP contribution is 2.29. The van der Waals surface area contributed by atoms with E-state index in [0.29, 0.717) is 47.7 Å². The number of rotatable bonds is 7. The molecule has 4 aromatic rings. The summed E-state index contributed by atoms with van der Waals surface area (Å²) in [6, 6.07) is 10.7. The minimum atomic E-state index is -0.0247. The van der Waals surface area contributed by atoms with Gasteiger partial charge in [0.2, 0.25) is 5.91 Å². The van der Waals surface area contributed by atoms with E-state index in [4.69, 9.17) is 7.85 Å². The summed E-state index contributed by atoms with van der Waals surface area (Å²) in [4.78, 5) is 16.5. The normalized spacial score (nSPS) is 10.9. The van der Waals surface area contributed by atoms with E-state index in [1.54, 1.807) is 40.1 Å². The number of hydrogen-bond donors (Lipinski definition) is 3. The molecule has 0 saturated heterocycles. The molecule has 1 aromatic carbocycles. The maximum absolute atomic E-state index is 12.0. The fourth-order valence-electron chi connectivity index (χ4n) is 2.97. The molecular weight excluding hydrogens is 385 g/mol. The molecular formula is C20H18BN5O2S. The van der Waals surface area contributed by atoms with E-state index in [9.17, 15) is 9.90 Å². The van der Waals surface area contributed by atoms with Crippen LogP contribution in [0.25, 0.3) is 16.9 Å². The first-order valence-corrected chi connectivity index (χ1v) is 10.0. The standard InChI is InChI=1S/C20H18BN5O2S/c21-15-11-24-26-18(22-6-7-23-19(28)9-13-5-8-29-12-13)10-16(25-20(15)26)14-3-1-2-4-17(14)27/h1-5,8,10-12,22,27H,6-7,9H2,(H,23,28). The first-order chi connectivity index (χ1) is 14.1. The molecule has 144 valence electrons. The lowest BCUT2D eigenvalue weighted by Gasteiger charge is -2.12. The van der Waals surface area contributed by atoms with Gasteiger partial charge in [-0.15, -0.1) is 0 Å². The Labute approximate surface area is 172 Å². The molecule has 0 aliphatic rings. The van der Waals surface area contributed by atoms with Crippen LogP contribution < -0.4 is 16.1 Å². The van der Waals surface area contributed by atoms with Crippen molar-refractivity contribution in [1.29, 1.82) is 0 Å². The average Bonchev–Trinajstić information content (AvgIpc) is 3.35. The van der Waals surface area contributed by atoms with Crippen LogP contribution in [0, 0.1) is 0 Å². The van der Waals surface area contributed by atoms with E-state index in [1.807, 2.05) is 22.9 Å². The number of hydrogen-bond acceptors (Lipinski definition) is 6. The number of nitrogens with zero attached hydrogens (tertiary/aromatic N) is 3. The molecule has 7 nitrogen and oxygen atoms in total. The lowest BCUT2D eigenvalue weighted by molar-refractivity contribution is -0.120. The van der Waals surface area contributed by atoms with Gasteiger partial charge in [0.25, 0.3) is 0 Å². The number of nitrogens with one attached hydrogen (secondary N) is 2. The largest absolute Gasteiger partial charge is 0.507 e. The number of aromatic nitrogens is 3. The summed E-state index contributed by atoms with van der Waals surface area (Å²) in [5.74, 6) is 0.773. The van der Waals surface area contributed by atoms with Crippen LogP contribution >= 0.6 is 11.3 Å². The monoisotopic (exact) mass is 403 g/mol. The second-order valence-corrected chi connectivity index (χ2v) is 7.24. The fourth-order valence-corrected chi connectivity index (χ4v) is 3.64. The summed E-state index contributed by atoms with van der Waals surface area (Å²) < 4.78 is 1.60. The van der Waals surface area contributed by atoms with Crippen LogP contribution in [-0.2, 0) is 11.2 Å². The number of carbonyl (C=O) groups excluding carboxylic acids is 1. The van der Waals surface area contributed by atoms with Gasteiger partial charge in [0.1, 0.15) is 19.4 Å². The molecule has 4 rings (SSSR count). The zero-order chi connectivity index (χ0) is 20.2. The Bertz CT molecular complexity index is 1140. The molecule has 0 saturated carbocycles. The molecule has 0 spiro atoms. The van der Waals surface area contributed by atoms with Crippen LogP contribution in [-0.4, -0.2) is 46.5 Å². The lowest BCUT2D eigenvalue weighted by Crippen LogP contribution is -2.30. The number of para-hydroxylation sites is 1. The van der Waals surface area contributed by atoms with Crippen LogP contribution in [0.15, 0.2) is 53.4 Å². The van der Waals surface area contributed by atoms with E-state index < -0.39 is 0 Å². The van der Waals surface area contributed by atoms with Crippen molar-refractivity contribution in [2.45, 2.75) is 6.42 Å². The van der Waals surface area contributed by atoms with Crippen molar-refractivity contribution in [2.75, 3.05) is 18.4 Å². The predicted octanol–water partition coefficient (Wildman–Crippen LogP) is 1.73. The van der Waals surface area contributed by atoms with Crippen LogP contribution in [0.5, 0.6) is 5.75 Å². The summed E-state index contributed by atoms with van der Waals surface area (Å²) in [6.07, 6.45) is 1.90. The highest BCUT2D eigenvalue weighted by atomic mass is 32.1. The smallest absolute Gasteiger partial charge is 0.224 e. The van der Waals surface area contributed by atoms with E-state index in [0.717, 1.165) is 5.56 Å². The Kier molecular flexibility index (Phi) is 5.48. The SMILES string of the molecule is [B]c1cnn2c(NCCNC(=O)Cc3ccsc3)cc(-c3ccccc3O)nc12. The molecule has 0 unspecified atom stereocenters. The van der Waals surface area contributed by atoms with Crippen molar-refractivity contribution >= 4 is 42.0 Å². The van der Waals surface area contributed by atoms with Crippen molar-refractivity contribution in [1.82, 2.24) is 19.9 Å². The molecule has 9 heteroatoms. The number of fused-ring (bicyclic) bond motifs is 1. The zero-order valence-electron chi connectivity index (χ0n) is 15.5. The molecule has 1 amide bonds. The highest BCUT2D eigenvalue weighted by molar-refractivity contribution is 7.08. The van der Waals surface area contributed by atoms with Gasteiger partial charge in [-0.05, 0) is 40.0 Å². The molecule has 3 N–H and O–H groups in total. The summed E-state index contributed by atoms with van der Waals surface area (Å²) in [7, 11) is 6.00. The lowest BCUT2D eigenvalue weighted by atomic mass is 10.0. The Balaban J connectivity index is 1.48. The Morgan fingerprint density at radius 1 is 1.24 bits per heavy atom. The number of benzene rings is 1. The van der Waals surface area contributed by atoms with Crippen molar-refractivity contribution in [3.05, 3.63) is 58.9 Å². The number of aromatic hydroxyl groups is 1. The number of phenolic OH excluding ortho intramolecular Hbond substituents is 1. The molecule has 0 fully saturated rings. The molecule has 2 radical (unpaired) electrons. The third-order valence-electron chi connectivity index (χ3n) is 4.38. The Morgan fingerprint density at radius 2 is 2.10 bits per heavy atom. The molecule has 0 atom stereocenters. The first-order valence-electron chi connectivity index (χ1n) is 9.06. The van der Waals surface area contributed by atoms with Crippen LogP contribution in [0.4, 0.5) is 5.82 Å². The van der Waals surface area contributed by atoms with Crippen molar-refractivity contribution in [3.63, 3.8) is 0 Å². The van der Waals surface area contributed by atoms with Crippen molar-refractivity contribution < 1.29 is 9.90 Å². The van der Waals surface area contributed by atoms with Gasteiger partial charge in [0, 0.05) is 30.9 Å². The fraction of sp³-hybridized carbons (Fsp3) is 0.150. The van der Waals surface area contributed by atoms with Crippen LogP contribution in [0.1, 0.15) is 5.56 Å². The molecule has 0 bridgehead atoms. The summed E-state index contributed by atoms with van der Waals surface area (Å²) in [5, 5.41) is 24.5. The third kappa shape index (κ3) is 4.24. The maximum atomic E-state index is 12.0. The van der Waals surface area contributed by atoms with Crippen LogP contribution in [0.2, 0.25) is 0 Å². The molecule has 3 heterocycles. The van der Waals surface area contributed by atoms with Gasteiger partial charge in [-0.3, -0.25) is 4.79 Å². The number of phenols is 1. The van der Waals surface area contributed by atoms with Crippen molar-refractivity contribution in [2.24, 2.45) is 0 Å². The first kappa shape index (κ1) is 19.0. The number of thiophene rings is 1. The quantitative estimate of drug-likeness (QED) is 0.323. The zero-order valence-corrected chi connectivity index (χ0v) is 16.3. The van der Waals surface area contributed by atoms with Gasteiger partial charge in [-0.25, -0.2) is 4.98 Å². The second-order valence-electron chi connectivity index (χ2n) is 6.46. The van der Waals surface area contributed by atoms with Gasteiger partial charge < -0.3 is 15.7 Å². The van der Waals surface area contributed by atoms with Gasteiger partial charge in [-0.2, -0.15) is 21.0 Å². The second kappa shape index (κ2) is 8.36. The topological polar surface area (TPSA) is 91.5 Å². The minimum absolute atomic E-state index is 0.0247. The molecule has 29 heavy (non-hydrogen) atoms. The summed E-state index contributed by atoms with van der Waals surface area (Å²) in [5.41, 5.74) is 3.12. The maximum Gasteiger partial charge on any atom is 0.224 e.